The van der Waals surface area contributed by atoms with Crippen LogP contribution in [0.15, 0.2) is 12.3 Å². The van der Waals surface area contributed by atoms with Crippen molar-refractivity contribution in [3.05, 3.63) is 12.3 Å². The van der Waals surface area contributed by atoms with Crippen molar-refractivity contribution in [1.82, 2.24) is 9.78 Å². The third-order valence-corrected chi connectivity index (χ3v) is 2.93. The Labute approximate surface area is 112 Å². The topological polar surface area (TPSA) is 82.2 Å². The molecule has 0 aromatic carbocycles. The van der Waals surface area contributed by atoms with E-state index in [1.165, 1.54) is 0 Å². The van der Waals surface area contributed by atoms with E-state index in [1.54, 1.807) is 16.9 Å². The molecule has 2 atom stereocenters. The third kappa shape index (κ3) is 3.22. The lowest BCUT2D eigenvalue weighted by molar-refractivity contribution is -0.126. The SMILES string of the molecule is CCn1nccc1NC(=O)[C@@H]1CC[C@H](CN)O1.Cl. The normalized spacial score (nSPS) is 22.6. The summed E-state index contributed by atoms with van der Waals surface area (Å²) in [5.41, 5.74) is 5.51. The van der Waals surface area contributed by atoms with Crippen LogP contribution in [0.4, 0.5) is 5.82 Å². The molecule has 1 aliphatic rings. The minimum Gasteiger partial charge on any atom is -0.364 e. The van der Waals surface area contributed by atoms with Gasteiger partial charge in [0.1, 0.15) is 11.9 Å². The van der Waals surface area contributed by atoms with Crippen molar-refractivity contribution in [2.75, 3.05) is 11.9 Å². The fourth-order valence-corrected chi connectivity index (χ4v) is 1.97. The minimum atomic E-state index is -0.385. The van der Waals surface area contributed by atoms with Gasteiger partial charge in [-0.2, -0.15) is 5.10 Å². The Morgan fingerprint density at radius 2 is 2.44 bits per heavy atom. The molecule has 0 aliphatic carbocycles. The van der Waals surface area contributed by atoms with E-state index < -0.39 is 0 Å². The molecule has 102 valence electrons. The van der Waals surface area contributed by atoms with Crippen molar-refractivity contribution in [2.24, 2.45) is 5.73 Å². The van der Waals surface area contributed by atoms with Gasteiger partial charge in [-0.15, -0.1) is 12.4 Å². The fraction of sp³-hybridized carbons (Fsp3) is 0.636. The van der Waals surface area contributed by atoms with Crippen LogP contribution >= 0.6 is 12.4 Å². The van der Waals surface area contributed by atoms with Gasteiger partial charge < -0.3 is 15.8 Å². The lowest BCUT2D eigenvalue weighted by atomic mass is 10.2. The highest BCUT2D eigenvalue weighted by Gasteiger charge is 2.30. The Bertz CT molecular complexity index is 396. The summed E-state index contributed by atoms with van der Waals surface area (Å²) < 4.78 is 7.26. The number of hydrogen-bond donors (Lipinski definition) is 2. The molecule has 1 aromatic heterocycles. The van der Waals surface area contributed by atoms with Gasteiger partial charge >= 0.3 is 0 Å². The van der Waals surface area contributed by atoms with Crippen molar-refractivity contribution < 1.29 is 9.53 Å². The van der Waals surface area contributed by atoms with Crippen LogP contribution in [0.3, 0.4) is 0 Å². The summed E-state index contributed by atoms with van der Waals surface area (Å²) in [6, 6.07) is 1.77. The molecule has 0 bridgehead atoms. The smallest absolute Gasteiger partial charge is 0.254 e. The van der Waals surface area contributed by atoms with Crippen molar-refractivity contribution in [3.63, 3.8) is 0 Å². The van der Waals surface area contributed by atoms with Crippen LogP contribution in [-0.2, 0) is 16.1 Å². The van der Waals surface area contributed by atoms with Crippen LogP contribution < -0.4 is 11.1 Å². The highest BCUT2D eigenvalue weighted by Crippen LogP contribution is 2.20. The summed E-state index contributed by atoms with van der Waals surface area (Å²) in [4.78, 5) is 11.9. The molecule has 7 heteroatoms. The average molecular weight is 275 g/mol. The molecular weight excluding hydrogens is 256 g/mol. The lowest BCUT2D eigenvalue weighted by Crippen LogP contribution is -2.30. The molecule has 1 amide bonds. The van der Waals surface area contributed by atoms with E-state index >= 15 is 0 Å². The van der Waals surface area contributed by atoms with Crippen LogP contribution in [0.5, 0.6) is 0 Å². The van der Waals surface area contributed by atoms with E-state index in [9.17, 15) is 4.79 Å². The molecule has 1 saturated heterocycles. The Morgan fingerprint density at radius 1 is 1.67 bits per heavy atom. The summed E-state index contributed by atoms with van der Waals surface area (Å²) in [5.74, 6) is 0.591. The van der Waals surface area contributed by atoms with Gasteiger partial charge in [-0.3, -0.25) is 4.79 Å². The van der Waals surface area contributed by atoms with E-state index in [2.05, 4.69) is 10.4 Å². The second kappa shape index (κ2) is 6.72. The first-order valence-electron chi connectivity index (χ1n) is 5.92. The Balaban J connectivity index is 0.00000162. The number of hydrogen-bond acceptors (Lipinski definition) is 4. The molecule has 1 aliphatic heterocycles. The van der Waals surface area contributed by atoms with Crippen LogP contribution in [0.2, 0.25) is 0 Å². The number of nitrogens with zero attached hydrogens (tertiary/aromatic N) is 2. The summed E-state index contributed by atoms with van der Waals surface area (Å²) in [6.07, 6.45) is 2.87. The molecule has 1 aromatic rings. The largest absolute Gasteiger partial charge is 0.364 e. The number of aryl methyl sites for hydroxylation is 1. The maximum Gasteiger partial charge on any atom is 0.254 e. The van der Waals surface area contributed by atoms with Crippen molar-refractivity contribution >= 4 is 24.1 Å². The van der Waals surface area contributed by atoms with Crippen LogP contribution in [0.25, 0.3) is 0 Å². The number of carbonyl (C=O) groups excluding carboxylic acids is 1. The molecule has 1 fully saturated rings. The van der Waals surface area contributed by atoms with Crippen molar-refractivity contribution in [1.29, 1.82) is 0 Å². The van der Waals surface area contributed by atoms with Crippen LogP contribution in [0.1, 0.15) is 19.8 Å². The molecule has 2 heterocycles. The van der Waals surface area contributed by atoms with Gasteiger partial charge in [0, 0.05) is 19.2 Å². The number of aromatic nitrogens is 2. The first-order valence-corrected chi connectivity index (χ1v) is 5.92. The van der Waals surface area contributed by atoms with E-state index in [1.807, 2.05) is 6.92 Å². The summed E-state index contributed by atoms with van der Waals surface area (Å²) in [5, 5.41) is 6.91. The van der Waals surface area contributed by atoms with Gasteiger partial charge in [0.2, 0.25) is 0 Å². The number of anilines is 1. The van der Waals surface area contributed by atoms with E-state index in [0.717, 1.165) is 19.4 Å². The van der Waals surface area contributed by atoms with Crippen LogP contribution in [0, 0.1) is 0 Å². The maximum absolute atomic E-state index is 11.9. The number of halogens is 1. The monoisotopic (exact) mass is 274 g/mol. The molecule has 0 radical (unpaired) electrons. The van der Waals surface area contributed by atoms with Gasteiger partial charge in [0.25, 0.3) is 5.91 Å². The second-order valence-corrected chi connectivity index (χ2v) is 4.08. The predicted octanol–water partition coefficient (Wildman–Crippen LogP) is 0.770. The first-order chi connectivity index (χ1) is 8.24. The molecular formula is C11H19ClN4O2. The van der Waals surface area contributed by atoms with Gasteiger partial charge in [0.05, 0.1) is 12.3 Å². The molecule has 6 nitrogen and oxygen atoms in total. The van der Waals surface area contributed by atoms with Gasteiger partial charge in [-0.05, 0) is 19.8 Å². The highest BCUT2D eigenvalue weighted by molar-refractivity contribution is 5.93. The number of amides is 1. The number of nitrogens with two attached hydrogens (primary N) is 1. The minimum absolute atomic E-state index is 0. The van der Waals surface area contributed by atoms with Crippen molar-refractivity contribution in [3.8, 4) is 0 Å². The molecule has 0 spiro atoms. The summed E-state index contributed by atoms with van der Waals surface area (Å²) in [7, 11) is 0. The Hall–Kier alpha value is -1.11. The summed E-state index contributed by atoms with van der Waals surface area (Å²) in [6.45, 7) is 3.16. The zero-order valence-corrected chi connectivity index (χ0v) is 11.2. The van der Waals surface area contributed by atoms with Crippen molar-refractivity contribution in [2.45, 2.75) is 38.5 Å². The van der Waals surface area contributed by atoms with Gasteiger partial charge in [-0.25, -0.2) is 4.68 Å². The second-order valence-electron chi connectivity index (χ2n) is 4.08. The first kappa shape index (κ1) is 14.9. The Kier molecular flexibility index (Phi) is 5.58. The number of rotatable bonds is 4. The van der Waals surface area contributed by atoms with E-state index in [0.29, 0.717) is 12.4 Å². The third-order valence-electron chi connectivity index (χ3n) is 2.93. The maximum atomic E-state index is 11.9. The standard InChI is InChI=1S/C11H18N4O2.ClH/c1-2-15-10(5-6-13-15)14-11(16)9-4-3-8(7-12)17-9;/h5-6,8-9H,2-4,7,12H2,1H3,(H,14,16);1H/t8-,9+;/m1./s1. The van der Waals surface area contributed by atoms with Crippen LogP contribution in [-0.4, -0.2) is 34.4 Å². The molecule has 0 unspecified atom stereocenters. The fourth-order valence-electron chi connectivity index (χ4n) is 1.97. The average Bonchev–Trinajstić information content (AvgIpc) is 2.96. The zero-order chi connectivity index (χ0) is 12.3. The lowest BCUT2D eigenvalue weighted by Gasteiger charge is -2.13. The molecule has 3 N–H and O–H groups in total. The quantitative estimate of drug-likeness (QED) is 0.850. The van der Waals surface area contributed by atoms with E-state index in [4.69, 9.17) is 10.5 Å². The highest BCUT2D eigenvalue weighted by atomic mass is 35.5. The summed E-state index contributed by atoms with van der Waals surface area (Å²) >= 11 is 0. The van der Waals surface area contributed by atoms with Gasteiger partial charge in [-0.1, -0.05) is 0 Å². The number of ether oxygens (including phenoxy) is 1. The zero-order valence-electron chi connectivity index (χ0n) is 10.3. The number of nitrogens with one attached hydrogen (secondary N) is 1. The molecule has 2 rings (SSSR count). The molecule has 18 heavy (non-hydrogen) atoms. The Morgan fingerprint density at radius 3 is 3.06 bits per heavy atom. The number of carbonyl (C=O) groups is 1. The molecule has 0 saturated carbocycles. The van der Waals surface area contributed by atoms with Gasteiger partial charge in [0.15, 0.2) is 0 Å². The van der Waals surface area contributed by atoms with E-state index in [-0.39, 0.29) is 30.5 Å². The predicted molar refractivity (Wildman–Crippen MR) is 70.7 cm³/mol.